The number of hydrogen-bond acceptors (Lipinski definition) is 3. The SMILES string of the molecule is CCCC1(CN)CN(C(=O)NC(C)C(C)C)CCO1. The van der Waals surface area contributed by atoms with Crippen LogP contribution in [0.15, 0.2) is 0 Å². The molecule has 0 aromatic carbocycles. The highest BCUT2D eigenvalue weighted by Crippen LogP contribution is 2.22. The molecule has 5 nitrogen and oxygen atoms in total. The molecule has 3 N–H and O–H groups in total. The Kier molecular flexibility index (Phi) is 6.07. The van der Waals surface area contributed by atoms with E-state index in [1.807, 2.05) is 11.8 Å². The fraction of sp³-hybridized carbons (Fsp3) is 0.929. The first-order valence-corrected chi connectivity index (χ1v) is 7.33. The summed E-state index contributed by atoms with van der Waals surface area (Å²) in [5.41, 5.74) is 5.50. The molecule has 0 bridgehead atoms. The molecule has 1 fully saturated rings. The molecular weight excluding hydrogens is 242 g/mol. The summed E-state index contributed by atoms with van der Waals surface area (Å²) in [5, 5.41) is 3.04. The zero-order valence-electron chi connectivity index (χ0n) is 12.7. The number of carbonyl (C=O) groups excluding carboxylic acids is 1. The van der Waals surface area contributed by atoms with Gasteiger partial charge in [0.25, 0.3) is 0 Å². The highest BCUT2D eigenvalue weighted by molar-refractivity contribution is 5.74. The van der Waals surface area contributed by atoms with Crippen molar-refractivity contribution in [3.05, 3.63) is 0 Å². The van der Waals surface area contributed by atoms with Crippen LogP contribution in [0, 0.1) is 5.92 Å². The third-order valence-corrected chi connectivity index (χ3v) is 3.96. The number of nitrogens with zero attached hydrogens (tertiary/aromatic N) is 1. The number of urea groups is 1. The van der Waals surface area contributed by atoms with Crippen molar-refractivity contribution >= 4 is 6.03 Å². The predicted octanol–water partition coefficient (Wildman–Crippen LogP) is 1.57. The van der Waals surface area contributed by atoms with Crippen molar-refractivity contribution in [2.45, 2.75) is 52.2 Å². The fourth-order valence-corrected chi connectivity index (χ4v) is 2.30. The first-order chi connectivity index (χ1) is 8.94. The zero-order valence-corrected chi connectivity index (χ0v) is 12.7. The number of amides is 2. The summed E-state index contributed by atoms with van der Waals surface area (Å²) in [6.45, 7) is 10.6. The molecule has 1 heterocycles. The molecule has 5 heteroatoms. The Morgan fingerprint density at radius 2 is 2.16 bits per heavy atom. The smallest absolute Gasteiger partial charge is 0.317 e. The van der Waals surface area contributed by atoms with Crippen molar-refractivity contribution in [2.75, 3.05) is 26.2 Å². The minimum atomic E-state index is -0.356. The van der Waals surface area contributed by atoms with E-state index in [4.69, 9.17) is 10.5 Å². The van der Waals surface area contributed by atoms with Crippen LogP contribution in [-0.4, -0.2) is 48.8 Å². The van der Waals surface area contributed by atoms with E-state index in [0.717, 1.165) is 12.8 Å². The molecule has 0 radical (unpaired) electrons. The van der Waals surface area contributed by atoms with E-state index >= 15 is 0 Å². The lowest BCUT2D eigenvalue weighted by Gasteiger charge is -2.42. The van der Waals surface area contributed by atoms with Gasteiger partial charge in [0.15, 0.2) is 0 Å². The largest absolute Gasteiger partial charge is 0.370 e. The summed E-state index contributed by atoms with van der Waals surface area (Å²) in [4.78, 5) is 14.1. The van der Waals surface area contributed by atoms with Crippen molar-refractivity contribution < 1.29 is 9.53 Å². The maximum atomic E-state index is 12.2. The Hall–Kier alpha value is -0.810. The highest BCUT2D eigenvalue weighted by atomic mass is 16.5. The van der Waals surface area contributed by atoms with Gasteiger partial charge in [0, 0.05) is 19.1 Å². The summed E-state index contributed by atoms with van der Waals surface area (Å²) in [6.07, 6.45) is 1.90. The number of ether oxygens (including phenoxy) is 1. The van der Waals surface area contributed by atoms with E-state index in [2.05, 4.69) is 26.1 Å². The molecule has 2 unspecified atom stereocenters. The zero-order chi connectivity index (χ0) is 14.5. The molecule has 2 atom stereocenters. The van der Waals surface area contributed by atoms with Gasteiger partial charge in [-0.15, -0.1) is 0 Å². The Labute approximate surface area is 116 Å². The Balaban J connectivity index is 2.60. The van der Waals surface area contributed by atoms with E-state index < -0.39 is 0 Å². The molecule has 0 aliphatic carbocycles. The number of carbonyl (C=O) groups is 1. The molecule has 0 saturated carbocycles. The summed E-state index contributed by atoms with van der Waals surface area (Å²) in [6, 6.07) is 0.173. The maximum Gasteiger partial charge on any atom is 0.317 e. The molecule has 2 amide bonds. The van der Waals surface area contributed by atoms with E-state index in [9.17, 15) is 4.79 Å². The fourth-order valence-electron chi connectivity index (χ4n) is 2.30. The second kappa shape index (κ2) is 7.10. The standard InChI is InChI=1S/C14H29N3O2/c1-5-6-14(9-15)10-17(7-8-19-14)13(18)16-12(4)11(2)3/h11-12H,5-10,15H2,1-4H3,(H,16,18). The quantitative estimate of drug-likeness (QED) is 0.797. The van der Waals surface area contributed by atoms with Gasteiger partial charge in [0.05, 0.1) is 18.8 Å². The van der Waals surface area contributed by atoms with Gasteiger partial charge in [-0.3, -0.25) is 0 Å². The van der Waals surface area contributed by atoms with Crippen molar-refractivity contribution in [1.29, 1.82) is 0 Å². The Morgan fingerprint density at radius 3 is 2.68 bits per heavy atom. The molecule has 0 spiro atoms. The summed E-state index contributed by atoms with van der Waals surface area (Å²) >= 11 is 0. The summed E-state index contributed by atoms with van der Waals surface area (Å²) in [5.74, 6) is 0.430. The molecule has 0 aromatic heterocycles. The van der Waals surface area contributed by atoms with E-state index in [0.29, 0.717) is 32.2 Å². The molecule has 19 heavy (non-hydrogen) atoms. The van der Waals surface area contributed by atoms with Gasteiger partial charge in [-0.25, -0.2) is 4.79 Å². The molecule has 112 valence electrons. The predicted molar refractivity (Wildman–Crippen MR) is 77.1 cm³/mol. The monoisotopic (exact) mass is 271 g/mol. The van der Waals surface area contributed by atoms with Crippen LogP contribution in [0.5, 0.6) is 0 Å². The van der Waals surface area contributed by atoms with Crippen molar-refractivity contribution in [1.82, 2.24) is 10.2 Å². The van der Waals surface area contributed by atoms with Gasteiger partial charge in [0.1, 0.15) is 0 Å². The lowest BCUT2D eigenvalue weighted by atomic mass is 9.96. The van der Waals surface area contributed by atoms with Crippen LogP contribution < -0.4 is 11.1 Å². The van der Waals surface area contributed by atoms with Crippen LogP contribution in [0.4, 0.5) is 4.79 Å². The highest BCUT2D eigenvalue weighted by Gasteiger charge is 2.36. The average molecular weight is 271 g/mol. The van der Waals surface area contributed by atoms with E-state index in [1.54, 1.807) is 0 Å². The van der Waals surface area contributed by atoms with Crippen LogP contribution in [0.2, 0.25) is 0 Å². The van der Waals surface area contributed by atoms with Gasteiger partial charge in [-0.05, 0) is 19.3 Å². The Bertz CT molecular complexity index is 292. The third-order valence-electron chi connectivity index (χ3n) is 3.96. The second-order valence-corrected chi connectivity index (χ2v) is 5.89. The number of hydrogen-bond donors (Lipinski definition) is 2. The molecule has 1 aliphatic rings. The van der Waals surface area contributed by atoms with Crippen molar-refractivity contribution in [2.24, 2.45) is 11.7 Å². The van der Waals surface area contributed by atoms with Gasteiger partial charge in [0.2, 0.25) is 0 Å². The normalized spacial score (nSPS) is 25.5. The van der Waals surface area contributed by atoms with Crippen LogP contribution in [0.1, 0.15) is 40.5 Å². The van der Waals surface area contributed by atoms with Crippen LogP contribution in [-0.2, 0) is 4.74 Å². The lowest BCUT2D eigenvalue weighted by Crippen LogP contribution is -2.59. The minimum absolute atomic E-state index is 0.00146. The van der Waals surface area contributed by atoms with Gasteiger partial charge < -0.3 is 20.7 Å². The number of nitrogens with two attached hydrogens (primary N) is 1. The molecule has 1 rings (SSSR count). The number of rotatable bonds is 5. The first-order valence-electron chi connectivity index (χ1n) is 7.33. The molecule has 1 aliphatic heterocycles. The van der Waals surface area contributed by atoms with E-state index in [-0.39, 0.29) is 17.7 Å². The topological polar surface area (TPSA) is 67.6 Å². The van der Waals surface area contributed by atoms with Crippen LogP contribution in [0.25, 0.3) is 0 Å². The number of morpholine rings is 1. The summed E-state index contributed by atoms with van der Waals surface area (Å²) < 4.78 is 5.84. The van der Waals surface area contributed by atoms with Crippen LogP contribution in [0.3, 0.4) is 0 Å². The molecular formula is C14H29N3O2. The van der Waals surface area contributed by atoms with Gasteiger partial charge >= 0.3 is 6.03 Å². The Morgan fingerprint density at radius 1 is 1.47 bits per heavy atom. The third kappa shape index (κ3) is 4.35. The summed E-state index contributed by atoms with van der Waals surface area (Å²) in [7, 11) is 0. The lowest BCUT2D eigenvalue weighted by molar-refractivity contribution is -0.0962. The molecule has 0 aromatic rings. The maximum absolute atomic E-state index is 12.2. The molecule has 1 saturated heterocycles. The average Bonchev–Trinajstić information content (AvgIpc) is 2.39. The van der Waals surface area contributed by atoms with Crippen molar-refractivity contribution in [3.63, 3.8) is 0 Å². The second-order valence-electron chi connectivity index (χ2n) is 5.89. The van der Waals surface area contributed by atoms with Crippen LogP contribution >= 0.6 is 0 Å². The first kappa shape index (κ1) is 16.2. The van der Waals surface area contributed by atoms with Gasteiger partial charge in [-0.1, -0.05) is 27.2 Å². The van der Waals surface area contributed by atoms with Gasteiger partial charge in [-0.2, -0.15) is 0 Å². The number of nitrogens with one attached hydrogen (secondary N) is 1. The van der Waals surface area contributed by atoms with E-state index in [1.165, 1.54) is 0 Å². The minimum Gasteiger partial charge on any atom is -0.370 e. The van der Waals surface area contributed by atoms with Crippen molar-refractivity contribution in [3.8, 4) is 0 Å².